The molecule has 2 aromatic rings. The maximum Gasteiger partial charge on any atom is 0.416 e. The highest BCUT2D eigenvalue weighted by Gasteiger charge is 2.37. The highest BCUT2D eigenvalue weighted by atomic mass is 19.4. The van der Waals surface area contributed by atoms with Crippen molar-refractivity contribution in [2.45, 2.75) is 38.8 Å². The van der Waals surface area contributed by atoms with E-state index in [9.17, 15) is 22.8 Å². The number of halogens is 3. The van der Waals surface area contributed by atoms with Crippen molar-refractivity contribution in [3.63, 3.8) is 0 Å². The third kappa shape index (κ3) is 4.34. The van der Waals surface area contributed by atoms with Crippen molar-refractivity contribution in [1.29, 1.82) is 0 Å². The number of amides is 2. The predicted molar refractivity (Wildman–Crippen MR) is 104 cm³/mol. The largest absolute Gasteiger partial charge is 0.416 e. The van der Waals surface area contributed by atoms with Gasteiger partial charge in [-0.25, -0.2) is 4.68 Å². The normalized spacial score (nSPS) is 19.6. The van der Waals surface area contributed by atoms with Gasteiger partial charge in [0.25, 0.3) is 0 Å². The van der Waals surface area contributed by atoms with Crippen molar-refractivity contribution in [2.24, 2.45) is 11.8 Å². The molecule has 2 fully saturated rings. The maximum atomic E-state index is 13.1. The van der Waals surface area contributed by atoms with Gasteiger partial charge in [-0.05, 0) is 50.8 Å². The molecule has 9 heteroatoms. The number of rotatable bonds is 4. The van der Waals surface area contributed by atoms with E-state index in [4.69, 9.17) is 0 Å². The van der Waals surface area contributed by atoms with E-state index < -0.39 is 11.7 Å². The molecule has 0 bridgehead atoms. The fourth-order valence-electron chi connectivity index (χ4n) is 3.81. The van der Waals surface area contributed by atoms with Crippen molar-refractivity contribution in [1.82, 2.24) is 14.7 Å². The van der Waals surface area contributed by atoms with Crippen LogP contribution < -0.4 is 5.32 Å². The second kappa shape index (κ2) is 7.77. The third-order valence-corrected chi connectivity index (χ3v) is 5.53. The molecule has 1 aliphatic heterocycles. The summed E-state index contributed by atoms with van der Waals surface area (Å²) in [7, 11) is 0. The van der Waals surface area contributed by atoms with Crippen LogP contribution in [0.15, 0.2) is 30.3 Å². The summed E-state index contributed by atoms with van der Waals surface area (Å²) in [5.41, 5.74) is -0.00811. The van der Waals surface area contributed by atoms with E-state index in [1.165, 1.54) is 16.8 Å². The molecular weight excluding hydrogens is 397 g/mol. The van der Waals surface area contributed by atoms with Crippen LogP contribution in [0.1, 0.15) is 36.9 Å². The first-order valence-corrected chi connectivity index (χ1v) is 10.1. The minimum atomic E-state index is -4.47. The molecule has 1 saturated heterocycles. The SMILES string of the molecule is Cc1cc(NC(=O)C2CCCN(C(=O)C3CC3)C2)n(-c2cccc(C(F)(F)F)c2)n1. The molecule has 30 heavy (non-hydrogen) atoms. The lowest BCUT2D eigenvalue weighted by Gasteiger charge is -2.32. The number of aryl methyl sites for hydroxylation is 1. The number of hydrogen-bond acceptors (Lipinski definition) is 3. The zero-order valence-electron chi connectivity index (χ0n) is 16.6. The molecule has 0 radical (unpaired) electrons. The predicted octanol–water partition coefficient (Wildman–Crippen LogP) is 3.79. The average Bonchev–Trinajstić information content (AvgIpc) is 3.50. The standard InChI is InChI=1S/C21H23F3N4O2/c1-13-10-18(28(26-13)17-6-2-5-16(11-17)21(22,23)24)25-19(29)15-4-3-9-27(12-15)20(30)14-7-8-14/h2,5-6,10-11,14-15H,3-4,7-9,12H2,1H3,(H,25,29). The molecular formula is C21H23F3N4O2. The number of likely N-dealkylation sites (tertiary alicyclic amines) is 1. The van der Waals surface area contributed by atoms with Gasteiger partial charge in [-0.1, -0.05) is 6.07 Å². The highest BCUT2D eigenvalue weighted by Crippen LogP contribution is 2.33. The molecule has 1 aromatic carbocycles. The van der Waals surface area contributed by atoms with E-state index in [2.05, 4.69) is 10.4 Å². The number of aromatic nitrogens is 2. The van der Waals surface area contributed by atoms with E-state index in [0.717, 1.165) is 31.4 Å². The van der Waals surface area contributed by atoms with Crippen LogP contribution in [0.3, 0.4) is 0 Å². The topological polar surface area (TPSA) is 67.2 Å². The monoisotopic (exact) mass is 420 g/mol. The molecule has 1 aliphatic carbocycles. The summed E-state index contributed by atoms with van der Waals surface area (Å²) in [4.78, 5) is 27.0. The molecule has 1 saturated carbocycles. The van der Waals surface area contributed by atoms with Crippen LogP contribution in [0, 0.1) is 18.8 Å². The summed E-state index contributed by atoms with van der Waals surface area (Å²) in [6.07, 6.45) is -1.22. The number of hydrogen-bond donors (Lipinski definition) is 1. The van der Waals surface area contributed by atoms with Gasteiger partial charge in [-0.3, -0.25) is 9.59 Å². The Hall–Kier alpha value is -2.84. The number of benzene rings is 1. The van der Waals surface area contributed by atoms with Crippen molar-refractivity contribution in [3.8, 4) is 5.69 Å². The lowest BCUT2D eigenvalue weighted by Crippen LogP contribution is -2.44. The number of carbonyl (C=O) groups excluding carboxylic acids is 2. The molecule has 6 nitrogen and oxygen atoms in total. The fraction of sp³-hybridized carbons (Fsp3) is 0.476. The van der Waals surface area contributed by atoms with Gasteiger partial charge < -0.3 is 10.2 Å². The molecule has 1 atom stereocenters. The quantitative estimate of drug-likeness (QED) is 0.819. The summed E-state index contributed by atoms with van der Waals surface area (Å²) in [5.74, 6) is -0.0698. The van der Waals surface area contributed by atoms with E-state index >= 15 is 0 Å². The van der Waals surface area contributed by atoms with E-state index in [1.54, 1.807) is 17.9 Å². The van der Waals surface area contributed by atoms with Crippen LogP contribution in [-0.2, 0) is 15.8 Å². The second-order valence-corrected chi connectivity index (χ2v) is 8.02. The Morgan fingerprint density at radius 3 is 2.60 bits per heavy atom. The molecule has 2 aliphatic rings. The fourth-order valence-corrected chi connectivity index (χ4v) is 3.81. The zero-order valence-corrected chi connectivity index (χ0v) is 16.6. The Kier molecular flexibility index (Phi) is 5.29. The number of alkyl halides is 3. The number of anilines is 1. The summed E-state index contributed by atoms with van der Waals surface area (Å²) in [5, 5.41) is 7.05. The smallest absolute Gasteiger partial charge is 0.342 e. The van der Waals surface area contributed by atoms with Gasteiger partial charge in [0.15, 0.2) is 0 Å². The third-order valence-electron chi connectivity index (χ3n) is 5.53. The Morgan fingerprint density at radius 2 is 1.90 bits per heavy atom. The van der Waals surface area contributed by atoms with E-state index in [-0.39, 0.29) is 29.3 Å². The minimum absolute atomic E-state index is 0.108. The summed E-state index contributed by atoms with van der Waals surface area (Å²) in [6, 6.07) is 6.43. The molecule has 0 spiro atoms. The van der Waals surface area contributed by atoms with Crippen molar-refractivity contribution in [2.75, 3.05) is 18.4 Å². The Labute approximate surface area is 172 Å². The zero-order chi connectivity index (χ0) is 21.5. The Bertz CT molecular complexity index is 965. The van der Waals surface area contributed by atoms with Crippen LogP contribution in [-0.4, -0.2) is 39.6 Å². The number of nitrogens with one attached hydrogen (secondary N) is 1. The lowest BCUT2D eigenvalue weighted by atomic mass is 9.96. The second-order valence-electron chi connectivity index (χ2n) is 8.02. The van der Waals surface area contributed by atoms with Crippen LogP contribution in [0.25, 0.3) is 5.69 Å². The van der Waals surface area contributed by atoms with Crippen LogP contribution in [0.4, 0.5) is 19.0 Å². The van der Waals surface area contributed by atoms with Crippen LogP contribution in [0.2, 0.25) is 0 Å². The Morgan fingerprint density at radius 1 is 1.13 bits per heavy atom. The van der Waals surface area contributed by atoms with Crippen LogP contribution in [0.5, 0.6) is 0 Å². The number of nitrogens with zero attached hydrogens (tertiary/aromatic N) is 3. The first kappa shape index (κ1) is 20.4. The van der Waals surface area contributed by atoms with Crippen LogP contribution >= 0.6 is 0 Å². The van der Waals surface area contributed by atoms with Crippen molar-refractivity contribution >= 4 is 17.6 Å². The first-order valence-electron chi connectivity index (χ1n) is 10.1. The summed E-state index contributed by atoms with van der Waals surface area (Å²) < 4.78 is 40.5. The lowest BCUT2D eigenvalue weighted by molar-refractivity contribution is -0.138. The highest BCUT2D eigenvalue weighted by molar-refractivity contribution is 5.93. The Balaban J connectivity index is 1.51. The van der Waals surface area contributed by atoms with Crippen molar-refractivity contribution < 1.29 is 22.8 Å². The molecule has 1 unspecified atom stereocenters. The molecule has 160 valence electrons. The van der Waals surface area contributed by atoms with Gasteiger partial charge in [0.05, 0.1) is 22.9 Å². The summed E-state index contributed by atoms with van der Waals surface area (Å²) in [6.45, 7) is 2.74. The number of carbonyl (C=O) groups is 2. The molecule has 4 rings (SSSR count). The first-order chi connectivity index (χ1) is 14.2. The molecule has 2 heterocycles. The van der Waals surface area contributed by atoms with E-state index in [0.29, 0.717) is 31.0 Å². The van der Waals surface area contributed by atoms with Gasteiger partial charge in [-0.15, -0.1) is 0 Å². The molecule has 1 aromatic heterocycles. The number of piperidine rings is 1. The molecule has 2 amide bonds. The van der Waals surface area contributed by atoms with Crippen molar-refractivity contribution in [3.05, 3.63) is 41.6 Å². The van der Waals surface area contributed by atoms with Gasteiger partial charge in [0.1, 0.15) is 5.82 Å². The van der Waals surface area contributed by atoms with Gasteiger partial charge in [0.2, 0.25) is 11.8 Å². The average molecular weight is 420 g/mol. The maximum absolute atomic E-state index is 13.1. The molecule has 1 N–H and O–H groups in total. The van der Waals surface area contributed by atoms with Gasteiger partial charge in [-0.2, -0.15) is 18.3 Å². The van der Waals surface area contributed by atoms with E-state index in [1.807, 2.05) is 0 Å². The minimum Gasteiger partial charge on any atom is -0.342 e. The van der Waals surface area contributed by atoms with Gasteiger partial charge in [0, 0.05) is 25.1 Å². The summed E-state index contributed by atoms with van der Waals surface area (Å²) >= 11 is 0. The van der Waals surface area contributed by atoms with Gasteiger partial charge >= 0.3 is 6.18 Å².